The highest BCUT2D eigenvalue weighted by molar-refractivity contribution is 5.90. The Bertz CT molecular complexity index is 682. The molecule has 0 aliphatic heterocycles. The molecule has 0 saturated carbocycles. The molecule has 2 rings (SSSR count). The highest BCUT2D eigenvalue weighted by Gasteiger charge is 2.08. The molecule has 0 radical (unpaired) electrons. The van der Waals surface area contributed by atoms with Crippen molar-refractivity contribution in [1.29, 1.82) is 0 Å². The monoisotopic (exact) mass is 351 g/mol. The average Bonchev–Trinajstić information content (AvgIpc) is 2.61. The van der Waals surface area contributed by atoms with E-state index in [2.05, 4.69) is 10.1 Å². The van der Waals surface area contributed by atoms with Gasteiger partial charge in [-0.3, -0.25) is 4.79 Å². The molecular weight excluding hydrogens is 332 g/mol. The summed E-state index contributed by atoms with van der Waals surface area (Å²) >= 11 is 0. The summed E-state index contributed by atoms with van der Waals surface area (Å²) in [6, 6.07) is 11.2. The van der Waals surface area contributed by atoms with Gasteiger partial charge < -0.3 is 19.5 Å². The van der Waals surface area contributed by atoms with Gasteiger partial charge in [0.15, 0.2) is 0 Å². The van der Waals surface area contributed by atoms with Crippen molar-refractivity contribution >= 4 is 11.6 Å². The first-order valence-corrected chi connectivity index (χ1v) is 7.57. The number of alkyl halides is 2. The topological polar surface area (TPSA) is 56.8 Å². The van der Waals surface area contributed by atoms with Gasteiger partial charge in [0, 0.05) is 18.2 Å². The van der Waals surface area contributed by atoms with E-state index in [1.54, 1.807) is 20.3 Å². The zero-order chi connectivity index (χ0) is 18.2. The van der Waals surface area contributed by atoms with Gasteiger partial charge >= 0.3 is 6.61 Å². The number of hydrogen-bond acceptors (Lipinski definition) is 4. The van der Waals surface area contributed by atoms with Gasteiger partial charge in [-0.05, 0) is 48.4 Å². The standard InChI is InChI=1S/C18H19F2NO4/c1-23-15-9-12(10-16(11-15)24-2)3-8-17(22)21-13-4-6-14(7-5-13)25-18(19)20/h4-7,9-11,18H,3,8H2,1-2H3,(H,21,22). The number of anilines is 1. The lowest BCUT2D eigenvalue weighted by Crippen LogP contribution is -2.12. The van der Waals surface area contributed by atoms with E-state index >= 15 is 0 Å². The summed E-state index contributed by atoms with van der Waals surface area (Å²) in [4.78, 5) is 12.0. The number of carbonyl (C=O) groups is 1. The van der Waals surface area contributed by atoms with Crippen molar-refractivity contribution in [3.8, 4) is 17.2 Å². The molecule has 1 amide bonds. The molecule has 0 unspecified atom stereocenters. The van der Waals surface area contributed by atoms with E-state index in [0.29, 0.717) is 23.6 Å². The van der Waals surface area contributed by atoms with Crippen molar-refractivity contribution in [2.24, 2.45) is 0 Å². The van der Waals surface area contributed by atoms with Gasteiger partial charge in [-0.1, -0.05) is 0 Å². The third-order valence-corrected chi connectivity index (χ3v) is 3.42. The van der Waals surface area contributed by atoms with Crippen molar-refractivity contribution < 1.29 is 27.8 Å². The number of nitrogens with one attached hydrogen (secondary N) is 1. The molecule has 7 heteroatoms. The fraction of sp³-hybridized carbons (Fsp3) is 0.278. The van der Waals surface area contributed by atoms with Crippen LogP contribution in [0.3, 0.4) is 0 Å². The number of benzene rings is 2. The molecule has 0 saturated heterocycles. The lowest BCUT2D eigenvalue weighted by molar-refractivity contribution is -0.116. The first-order valence-electron chi connectivity index (χ1n) is 7.57. The summed E-state index contributed by atoms with van der Waals surface area (Å²) in [5, 5.41) is 2.71. The van der Waals surface area contributed by atoms with Crippen molar-refractivity contribution in [3.63, 3.8) is 0 Å². The summed E-state index contributed by atoms with van der Waals surface area (Å²) in [5.41, 5.74) is 1.42. The smallest absolute Gasteiger partial charge is 0.387 e. The van der Waals surface area contributed by atoms with Crippen LogP contribution in [0.2, 0.25) is 0 Å². The predicted molar refractivity (Wildman–Crippen MR) is 89.6 cm³/mol. The molecular formula is C18H19F2NO4. The number of amides is 1. The van der Waals surface area contributed by atoms with Crippen LogP contribution < -0.4 is 19.5 Å². The first kappa shape index (κ1) is 18.5. The van der Waals surface area contributed by atoms with Crippen LogP contribution in [0.25, 0.3) is 0 Å². The Morgan fingerprint density at radius 2 is 1.60 bits per heavy atom. The van der Waals surface area contributed by atoms with E-state index in [0.717, 1.165) is 5.56 Å². The minimum atomic E-state index is -2.87. The minimum absolute atomic E-state index is 0.0384. The predicted octanol–water partition coefficient (Wildman–Crippen LogP) is 3.88. The molecule has 0 heterocycles. The average molecular weight is 351 g/mol. The molecule has 25 heavy (non-hydrogen) atoms. The highest BCUT2D eigenvalue weighted by Crippen LogP contribution is 2.23. The molecule has 0 bridgehead atoms. The maximum Gasteiger partial charge on any atom is 0.387 e. The van der Waals surface area contributed by atoms with Gasteiger partial charge in [0.05, 0.1) is 14.2 Å². The Morgan fingerprint density at radius 1 is 1.00 bits per heavy atom. The second-order valence-corrected chi connectivity index (χ2v) is 5.17. The van der Waals surface area contributed by atoms with E-state index in [1.165, 1.54) is 24.3 Å². The van der Waals surface area contributed by atoms with Crippen LogP contribution in [0, 0.1) is 0 Å². The Balaban J connectivity index is 1.90. The van der Waals surface area contributed by atoms with E-state index < -0.39 is 6.61 Å². The molecule has 134 valence electrons. The van der Waals surface area contributed by atoms with Crippen LogP contribution in [0.15, 0.2) is 42.5 Å². The summed E-state index contributed by atoms with van der Waals surface area (Å²) in [6.07, 6.45) is 0.761. The van der Waals surface area contributed by atoms with Crippen LogP contribution in [0.4, 0.5) is 14.5 Å². The van der Waals surface area contributed by atoms with Gasteiger partial charge in [-0.2, -0.15) is 8.78 Å². The third-order valence-electron chi connectivity index (χ3n) is 3.42. The number of methoxy groups -OCH3 is 2. The molecule has 0 aromatic heterocycles. The van der Waals surface area contributed by atoms with E-state index in [-0.39, 0.29) is 18.1 Å². The highest BCUT2D eigenvalue weighted by atomic mass is 19.3. The number of hydrogen-bond donors (Lipinski definition) is 1. The summed E-state index contributed by atoms with van der Waals surface area (Å²) in [5.74, 6) is 1.16. The number of ether oxygens (including phenoxy) is 3. The van der Waals surface area contributed by atoms with Crippen LogP contribution in [0.1, 0.15) is 12.0 Å². The van der Waals surface area contributed by atoms with E-state index in [4.69, 9.17) is 9.47 Å². The number of halogens is 2. The first-order chi connectivity index (χ1) is 12.0. The van der Waals surface area contributed by atoms with Gasteiger partial charge in [-0.25, -0.2) is 0 Å². The zero-order valence-corrected chi connectivity index (χ0v) is 13.9. The van der Waals surface area contributed by atoms with Crippen molar-refractivity contribution in [2.75, 3.05) is 19.5 Å². The summed E-state index contributed by atoms with van der Waals surface area (Å²) in [7, 11) is 3.12. The normalized spacial score (nSPS) is 10.4. The van der Waals surface area contributed by atoms with Gasteiger partial charge in [0.2, 0.25) is 5.91 Å². The van der Waals surface area contributed by atoms with Crippen LogP contribution >= 0.6 is 0 Å². The lowest BCUT2D eigenvalue weighted by atomic mass is 10.1. The fourth-order valence-electron chi connectivity index (χ4n) is 2.21. The summed E-state index contributed by atoms with van der Waals surface area (Å²) in [6.45, 7) is -2.87. The molecule has 5 nitrogen and oxygen atoms in total. The lowest BCUT2D eigenvalue weighted by Gasteiger charge is -2.09. The van der Waals surface area contributed by atoms with E-state index in [9.17, 15) is 13.6 Å². The van der Waals surface area contributed by atoms with Crippen LogP contribution in [-0.4, -0.2) is 26.7 Å². The van der Waals surface area contributed by atoms with Crippen LogP contribution in [-0.2, 0) is 11.2 Å². The molecule has 1 N–H and O–H groups in total. The summed E-state index contributed by atoms with van der Waals surface area (Å²) < 4.78 is 38.8. The quantitative estimate of drug-likeness (QED) is 0.784. The molecule has 0 spiro atoms. The maximum atomic E-state index is 12.1. The van der Waals surface area contributed by atoms with Gasteiger partial charge in [0.25, 0.3) is 0 Å². The zero-order valence-electron chi connectivity index (χ0n) is 13.9. The number of aryl methyl sites for hydroxylation is 1. The SMILES string of the molecule is COc1cc(CCC(=O)Nc2ccc(OC(F)F)cc2)cc(OC)c1. The Kier molecular flexibility index (Phi) is 6.56. The molecule has 0 aliphatic rings. The van der Waals surface area contributed by atoms with Gasteiger partial charge in [-0.15, -0.1) is 0 Å². The maximum absolute atomic E-state index is 12.1. The molecule has 2 aromatic carbocycles. The Hall–Kier alpha value is -2.83. The largest absolute Gasteiger partial charge is 0.497 e. The fourth-order valence-corrected chi connectivity index (χ4v) is 2.21. The third kappa shape index (κ3) is 5.95. The second-order valence-electron chi connectivity index (χ2n) is 5.17. The second kappa shape index (κ2) is 8.86. The van der Waals surface area contributed by atoms with Crippen molar-refractivity contribution in [2.45, 2.75) is 19.5 Å². The molecule has 2 aromatic rings. The van der Waals surface area contributed by atoms with E-state index in [1.807, 2.05) is 12.1 Å². The number of carbonyl (C=O) groups excluding carboxylic acids is 1. The molecule has 0 fully saturated rings. The minimum Gasteiger partial charge on any atom is -0.497 e. The molecule has 0 aliphatic carbocycles. The van der Waals surface area contributed by atoms with Crippen molar-refractivity contribution in [1.82, 2.24) is 0 Å². The van der Waals surface area contributed by atoms with Crippen molar-refractivity contribution in [3.05, 3.63) is 48.0 Å². The van der Waals surface area contributed by atoms with Crippen LogP contribution in [0.5, 0.6) is 17.2 Å². The Labute approximate surface area is 144 Å². The number of rotatable bonds is 8. The molecule has 0 atom stereocenters. The Morgan fingerprint density at radius 3 is 2.12 bits per heavy atom. The van der Waals surface area contributed by atoms with Gasteiger partial charge in [0.1, 0.15) is 17.2 Å².